The van der Waals surface area contributed by atoms with Gasteiger partial charge in [-0.25, -0.2) is 0 Å². The lowest BCUT2D eigenvalue weighted by atomic mass is 9.94. The van der Waals surface area contributed by atoms with Crippen molar-refractivity contribution in [1.29, 1.82) is 0 Å². The molecule has 1 heterocycles. The van der Waals surface area contributed by atoms with E-state index in [1.807, 2.05) is 7.05 Å². The molecule has 1 atom stereocenters. The van der Waals surface area contributed by atoms with Crippen molar-refractivity contribution in [3.63, 3.8) is 0 Å². The van der Waals surface area contributed by atoms with E-state index < -0.39 is 0 Å². The minimum atomic E-state index is -0.0489. The Morgan fingerprint density at radius 3 is 2.89 bits per heavy atom. The molecule has 1 unspecified atom stereocenters. The van der Waals surface area contributed by atoms with E-state index in [1.165, 1.54) is 0 Å². The van der Waals surface area contributed by atoms with Crippen molar-refractivity contribution >= 4 is 5.91 Å². The number of carbonyl (C=O) groups is 1. The molecule has 1 fully saturated rings. The largest absolute Gasteiger partial charge is 0.377 e. The third-order valence-corrected chi connectivity index (χ3v) is 4.00. The fourth-order valence-corrected chi connectivity index (χ4v) is 2.56. The van der Waals surface area contributed by atoms with Crippen LogP contribution in [0.5, 0.6) is 0 Å². The molecule has 0 radical (unpaired) electrons. The van der Waals surface area contributed by atoms with E-state index in [0.717, 1.165) is 45.4 Å². The number of nitrogens with zero attached hydrogens (tertiary/aromatic N) is 2. The molecule has 0 saturated carbocycles. The van der Waals surface area contributed by atoms with Crippen LogP contribution in [0.15, 0.2) is 0 Å². The molecule has 1 aliphatic rings. The molecule has 1 rings (SSSR count). The summed E-state index contributed by atoms with van der Waals surface area (Å²) in [6.45, 7) is 6.35. The normalized spacial score (nSPS) is 24.4. The molecule has 1 aliphatic heterocycles. The van der Waals surface area contributed by atoms with Gasteiger partial charge in [0, 0.05) is 40.2 Å². The summed E-state index contributed by atoms with van der Waals surface area (Å²) in [6.07, 6.45) is 3.69. The van der Waals surface area contributed by atoms with Crippen molar-refractivity contribution in [3.05, 3.63) is 0 Å². The lowest BCUT2D eigenvalue weighted by molar-refractivity contribution is -0.130. The average molecular weight is 271 g/mol. The molecular weight excluding hydrogens is 242 g/mol. The van der Waals surface area contributed by atoms with Gasteiger partial charge in [0.1, 0.15) is 0 Å². The third kappa shape index (κ3) is 5.47. The Bertz CT molecular complexity index is 286. The highest BCUT2D eigenvalue weighted by Crippen LogP contribution is 2.23. The molecule has 2 N–H and O–H groups in total. The molecule has 0 aromatic rings. The van der Waals surface area contributed by atoms with E-state index in [2.05, 4.69) is 11.8 Å². The predicted octanol–water partition coefficient (Wildman–Crippen LogP) is 0.685. The zero-order valence-electron chi connectivity index (χ0n) is 12.7. The second-order valence-corrected chi connectivity index (χ2v) is 5.74. The first kappa shape index (κ1) is 16.4. The van der Waals surface area contributed by atoms with Gasteiger partial charge in [0.2, 0.25) is 5.91 Å². The topological polar surface area (TPSA) is 58.8 Å². The van der Waals surface area contributed by atoms with E-state index >= 15 is 0 Å². The number of piperidine rings is 1. The van der Waals surface area contributed by atoms with Gasteiger partial charge in [-0.05, 0) is 39.3 Å². The Balaban J connectivity index is 2.30. The molecular formula is C14H29N3O2. The van der Waals surface area contributed by atoms with Crippen molar-refractivity contribution in [3.8, 4) is 0 Å². The van der Waals surface area contributed by atoms with Crippen LogP contribution in [0.4, 0.5) is 0 Å². The first-order valence-electron chi connectivity index (χ1n) is 7.22. The second kappa shape index (κ2) is 7.82. The highest BCUT2D eigenvalue weighted by atomic mass is 16.5. The maximum Gasteiger partial charge on any atom is 0.223 e. The van der Waals surface area contributed by atoms with Gasteiger partial charge in [-0.3, -0.25) is 9.69 Å². The molecule has 0 aliphatic carbocycles. The number of amides is 1. The number of rotatable bonds is 7. The lowest BCUT2D eigenvalue weighted by Crippen LogP contribution is -2.48. The van der Waals surface area contributed by atoms with Crippen molar-refractivity contribution < 1.29 is 9.53 Å². The number of nitrogens with two attached hydrogens (primary N) is 1. The fourth-order valence-electron chi connectivity index (χ4n) is 2.56. The van der Waals surface area contributed by atoms with E-state index in [1.54, 1.807) is 12.0 Å². The second-order valence-electron chi connectivity index (χ2n) is 5.74. The molecule has 0 spiro atoms. The van der Waals surface area contributed by atoms with Crippen LogP contribution in [0.2, 0.25) is 0 Å². The quantitative estimate of drug-likeness (QED) is 0.740. The Hall–Kier alpha value is -0.650. The van der Waals surface area contributed by atoms with Crippen LogP contribution in [0.25, 0.3) is 0 Å². The monoisotopic (exact) mass is 271 g/mol. The van der Waals surface area contributed by atoms with E-state index in [4.69, 9.17) is 10.5 Å². The number of hydrogen-bond acceptors (Lipinski definition) is 4. The van der Waals surface area contributed by atoms with Gasteiger partial charge >= 0.3 is 0 Å². The summed E-state index contributed by atoms with van der Waals surface area (Å²) in [4.78, 5) is 16.1. The smallest absolute Gasteiger partial charge is 0.223 e. The minimum Gasteiger partial charge on any atom is -0.377 e. The highest BCUT2D eigenvalue weighted by Gasteiger charge is 2.30. The molecule has 112 valence electrons. The third-order valence-electron chi connectivity index (χ3n) is 4.00. The Kier molecular flexibility index (Phi) is 6.75. The van der Waals surface area contributed by atoms with Crippen molar-refractivity contribution in [2.24, 2.45) is 5.73 Å². The van der Waals surface area contributed by atoms with Gasteiger partial charge in [0.15, 0.2) is 0 Å². The number of methoxy groups -OCH3 is 1. The summed E-state index contributed by atoms with van der Waals surface area (Å²) in [5.74, 6) is 0.207. The van der Waals surface area contributed by atoms with E-state index in [-0.39, 0.29) is 11.5 Å². The van der Waals surface area contributed by atoms with Gasteiger partial charge in [-0.2, -0.15) is 0 Å². The fraction of sp³-hybridized carbons (Fsp3) is 0.929. The van der Waals surface area contributed by atoms with Crippen molar-refractivity contribution in [2.45, 2.75) is 38.2 Å². The zero-order valence-corrected chi connectivity index (χ0v) is 12.7. The van der Waals surface area contributed by atoms with Crippen LogP contribution in [-0.2, 0) is 9.53 Å². The van der Waals surface area contributed by atoms with Gasteiger partial charge < -0.3 is 15.4 Å². The average Bonchev–Trinajstić information content (AvgIpc) is 2.42. The summed E-state index contributed by atoms with van der Waals surface area (Å²) in [7, 11) is 3.63. The maximum absolute atomic E-state index is 11.9. The van der Waals surface area contributed by atoms with Crippen LogP contribution in [0.3, 0.4) is 0 Å². The number of ether oxygens (including phenoxy) is 1. The molecule has 0 bridgehead atoms. The van der Waals surface area contributed by atoms with Crippen LogP contribution in [0.1, 0.15) is 32.6 Å². The Morgan fingerprint density at radius 2 is 2.26 bits per heavy atom. The minimum absolute atomic E-state index is 0.0489. The Morgan fingerprint density at radius 1 is 1.53 bits per heavy atom. The zero-order chi connectivity index (χ0) is 14.3. The van der Waals surface area contributed by atoms with Gasteiger partial charge in [-0.1, -0.05) is 0 Å². The van der Waals surface area contributed by atoms with Crippen LogP contribution < -0.4 is 5.73 Å². The number of carbonyl (C=O) groups excluding carboxylic acids is 1. The molecule has 1 amide bonds. The van der Waals surface area contributed by atoms with Gasteiger partial charge in [-0.15, -0.1) is 0 Å². The first-order valence-corrected chi connectivity index (χ1v) is 7.22. The van der Waals surface area contributed by atoms with Gasteiger partial charge in [0.25, 0.3) is 0 Å². The number of hydrogen-bond donors (Lipinski definition) is 1. The highest BCUT2D eigenvalue weighted by molar-refractivity contribution is 5.76. The molecule has 5 heteroatoms. The molecule has 0 aromatic carbocycles. The van der Waals surface area contributed by atoms with Crippen LogP contribution in [-0.4, -0.2) is 68.2 Å². The summed E-state index contributed by atoms with van der Waals surface area (Å²) < 4.78 is 5.57. The van der Waals surface area contributed by atoms with Crippen molar-refractivity contribution in [2.75, 3.05) is 46.9 Å². The maximum atomic E-state index is 11.9. The van der Waals surface area contributed by atoms with Crippen molar-refractivity contribution in [1.82, 2.24) is 9.80 Å². The molecule has 5 nitrogen and oxygen atoms in total. The summed E-state index contributed by atoms with van der Waals surface area (Å²) >= 11 is 0. The standard InChI is InChI=1S/C14H29N3O2/c1-14(19-3)7-4-10-17(12-14)11-6-13(18)16(2)9-5-8-15/h4-12,15H2,1-3H3. The summed E-state index contributed by atoms with van der Waals surface area (Å²) in [5.41, 5.74) is 5.40. The number of likely N-dealkylation sites (tertiary alicyclic amines) is 1. The first-order chi connectivity index (χ1) is 9.00. The lowest BCUT2D eigenvalue weighted by Gasteiger charge is -2.39. The van der Waals surface area contributed by atoms with Gasteiger partial charge in [0.05, 0.1) is 5.60 Å². The molecule has 1 saturated heterocycles. The summed E-state index contributed by atoms with van der Waals surface area (Å²) in [6, 6.07) is 0. The SMILES string of the molecule is COC1(C)CCCN(CCC(=O)N(C)CCCN)C1. The summed E-state index contributed by atoms with van der Waals surface area (Å²) in [5, 5.41) is 0. The molecule has 0 aromatic heterocycles. The molecule has 19 heavy (non-hydrogen) atoms. The predicted molar refractivity (Wildman–Crippen MR) is 77.0 cm³/mol. The van der Waals surface area contributed by atoms with Crippen LogP contribution in [0, 0.1) is 0 Å². The van der Waals surface area contributed by atoms with E-state index in [0.29, 0.717) is 13.0 Å². The Labute approximate surface area is 117 Å². The van der Waals surface area contributed by atoms with E-state index in [9.17, 15) is 4.79 Å². The van der Waals surface area contributed by atoms with Crippen LogP contribution >= 0.6 is 0 Å².